The summed E-state index contributed by atoms with van der Waals surface area (Å²) in [6, 6.07) is 21.4. The van der Waals surface area contributed by atoms with Crippen LogP contribution in [0.4, 0.5) is 26.3 Å². The minimum absolute atomic E-state index is 0.0506. The number of aliphatic hydroxyl groups is 1. The third-order valence-electron chi connectivity index (χ3n) is 7.90. The Morgan fingerprint density at radius 3 is 1.88 bits per heavy atom. The highest BCUT2D eigenvalue weighted by Gasteiger charge is 2.40. The maximum absolute atomic E-state index is 13.4. The Morgan fingerprint density at radius 2 is 1.38 bits per heavy atom. The monoisotopic (exact) mass is 565 g/mol. The standard InChI is InChI=1S/C31H33F6NO2/c1-38(19-22-8-4-2-5-9-22)27-12-14-29(15-13-27,24-10-6-3-7-11-24)21-40-28(20-39)23-16-25(30(32,33)34)18-26(17-23)31(35,36)37/h2-11,16-18,27-28,39H,12-15,19-21H2,1H3/t27?,28-,29?/m1/s1. The molecule has 3 aromatic rings. The molecule has 3 aromatic carbocycles. The third kappa shape index (κ3) is 7.25. The van der Waals surface area contributed by atoms with Crippen molar-refractivity contribution in [1.29, 1.82) is 0 Å². The molecule has 0 radical (unpaired) electrons. The average Bonchev–Trinajstić information content (AvgIpc) is 2.93. The fourth-order valence-corrected chi connectivity index (χ4v) is 5.58. The van der Waals surface area contributed by atoms with Crippen LogP contribution in [0.2, 0.25) is 0 Å². The number of alkyl halides is 6. The molecule has 1 atom stereocenters. The Hall–Kier alpha value is -2.88. The van der Waals surface area contributed by atoms with Gasteiger partial charge in [0.1, 0.15) is 6.10 Å². The summed E-state index contributed by atoms with van der Waals surface area (Å²) in [5, 5.41) is 10.0. The molecule has 0 unspecified atom stereocenters. The van der Waals surface area contributed by atoms with Crippen LogP contribution in [0.25, 0.3) is 0 Å². The Balaban J connectivity index is 1.54. The van der Waals surface area contributed by atoms with E-state index in [-0.39, 0.29) is 18.2 Å². The highest BCUT2D eigenvalue weighted by atomic mass is 19.4. The molecule has 0 amide bonds. The van der Waals surface area contributed by atoms with Crippen LogP contribution in [0.1, 0.15) is 59.6 Å². The van der Waals surface area contributed by atoms with Gasteiger partial charge in [-0.1, -0.05) is 60.7 Å². The molecule has 1 fully saturated rings. The predicted octanol–water partition coefficient (Wildman–Crippen LogP) is 7.79. The molecule has 3 nitrogen and oxygen atoms in total. The minimum atomic E-state index is -4.98. The van der Waals surface area contributed by atoms with Crippen molar-refractivity contribution in [3.8, 4) is 0 Å². The smallest absolute Gasteiger partial charge is 0.393 e. The van der Waals surface area contributed by atoms with E-state index in [0.29, 0.717) is 18.2 Å². The SMILES string of the molecule is CN(Cc1ccccc1)C1CCC(CO[C@H](CO)c2cc(C(F)(F)F)cc(C(F)(F)F)c2)(c2ccccc2)CC1. The molecule has 0 spiro atoms. The van der Waals surface area contributed by atoms with Gasteiger partial charge in [-0.05, 0) is 67.6 Å². The van der Waals surface area contributed by atoms with Gasteiger partial charge in [0.05, 0.1) is 24.3 Å². The molecule has 0 saturated heterocycles. The number of aliphatic hydroxyl groups excluding tert-OH is 1. The maximum Gasteiger partial charge on any atom is 0.416 e. The molecule has 0 aliphatic heterocycles. The Kier molecular flexibility index (Phi) is 9.27. The number of nitrogens with zero attached hydrogens (tertiary/aromatic N) is 1. The van der Waals surface area contributed by atoms with Crippen LogP contribution in [0.3, 0.4) is 0 Å². The number of rotatable bonds is 9. The van der Waals surface area contributed by atoms with Gasteiger partial charge in [-0.25, -0.2) is 0 Å². The lowest BCUT2D eigenvalue weighted by molar-refractivity contribution is -0.143. The Bertz CT molecular complexity index is 1190. The van der Waals surface area contributed by atoms with Gasteiger partial charge in [0, 0.05) is 18.0 Å². The maximum atomic E-state index is 13.4. The van der Waals surface area contributed by atoms with Gasteiger partial charge in [0.2, 0.25) is 0 Å². The first-order valence-electron chi connectivity index (χ1n) is 13.2. The van der Waals surface area contributed by atoms with Gasteiger partial charge in [-0.15, -0.1) is 0 Å². The van der Waals surface area contributed by atoms with Crippen LogP contribution >= 0.6 is 0 Å². The average molecular weight is 566 g/mol. The van der Waals surface area contributed by atoms with Gasteiger partial charge in [-0.3, -0.25) is 4.90 Å². The first-order chi connectivity index (χ1) is 18.9. The predicted molar refractivity (Wildman–Crippen MR) is 141 cm³/mol. The largest absolute Gasteiger partial charge is 0.416 e. The summed E-state index contributed by atoms with van der Waals surface area (Å²) in [6.45, 7) is 0.0882. The van der Waals surface area contributed by atoms with E-state index in [1.807, 2.05) is 48.5 Å². The molecule has 4 rings (SSSR count). The zero-order valence-electron chi connectivity index (χ0n) is 22.2. The molecule has 40 heavy (non-hydrogen) atoms. The van der Waals surface area contributed by atoms with E-state index in [4.69, 9.17) is 4.74 Å². The molecule has 1 aliphatic rings. The lowest BCUT2D eigenvalue weighted by atomic mass is 9.68. The summed E-state index contributed by atoms with van der Waals surface area (Å²) in [5.74, 6) is 0. The second kappa shape index (κ2) is 12.3. The van der Waals surface area contributed by atoms with E-state index in [0.717, 1.165) is 37.8 Å². The van der Waals surface area contributed by atoms with Crippen molar-refractivity contribution >= 4 is 0 Å². The van der Waals surface area contributed by atoms with Crippen molar-refractivity contribution in [2.45, 2.75) is 62.1 Å². The number of halogens is 6. The molecule has 1 saturated carbocycles. The van der Waals surface area contributed by atoms with Crippen molar-refractivity contribution in [3.05, 3.63) is 107 Å². The highest BCUT2D eigenvalue weighted by Crippen LogP contribution is 2.43. The van der Waals surface area contributed by atoms with Crippen LogP contribution < -0.4 is 0 Å². The quantitative estimate of drug-likeness (QED) is 0.269. The Labute approximate surface area is 230 Å². The molecule has 1 aliphatic carbocycles. The second-order valence-electron chi connectivity index (χ2n) is 10.6. The number of hydrogen-bond donors (Lipinski definition) is 1. The summed E-state index contributed by atoms with van der Waals surface area (Å²) in [6.07, 6.45) is -8.19. The van der Waals surface area contributed by atoms with E-state index in [2.05, 4.69) is 24.1 Å². The fourth-order valence-electron chi connectivity index (χ4n) is 5.58. The zero-order chi connectivity index (χ0) is 29.0. The van der Waals surface area contributed by atoms with Crippen LogP contribution in [-0.2, 0) is 29.0 Å². The summed E-state index contributed by atoms with van der Waals surface area (Å²) in [7, 11) is 2.08. The van der Waals surface area contributed by atoms with E-state index >= 15 is 0 Å². The first-order valence-corrected chi connectivity index (χ1v) is 13.2. The van der Waals surface area contributed by atoms with E-state index in [9.17, 15) is 31.4 Å². The molecular weight excluding hydrogens is 532 g/mol. The Morgan fingerprint density at radius 1 is 0.850 bits per heavy atom. The van der Waals surface area contributed by atoms with Crippen LogP contribution in [0.5, 0.6) is 0 Å². The topological polar surface area (TPSA) is 32.7 Å². The molecule has 0 heterocycles. The van der Waals surface area contributed by atoms with Gasteiger partial charge in [0.15, 0.2) is 0 Å². The number of benzene rings is 3. The molecule has 1 N–H and O–H groups in total. The molecule has 0 aromatic heterocycles. The van der Waals surface area contributed by atoms with Crippen molar-refractivity contribution in [2.75, 3.05) is 20.3 Å². The lowest BCUT2D eigenvalue weighted by Crippen LogP contribution is -2.43. The zero-order valence-corrected chi connectivity index (χ0v) is 22.2. The highest BCUT2D eigenvalue weighted by molar-refractivity contribution is 5.35. The van der Waals surface area contributed by atoms with Crippen LogP contribution in [-0.4, -0.2) is 36.3 Å². The minimum Gasteiger partial charge on any atom is -0.393 e. The first kappa shape index (κ1) is 30.1. The van der Waals surface area contributed by atoms with E-state index < -0.39 is 41.6 Å². The second-order valence-corrected chi connectivity index (χ2v) is 10.6. The van der Waals surface area contributed by atoms with Crippen LogP contribution in [0, 0.1) is 0 Å². The number of hydrogen-bond acceptors (Lipinski definition) is 3. The van der Waals surface area contributed by atoms with Gasteiger partial charge < -0.3 is 9.84 Å². The van der Waals surface area contributed by atoms with Crippen molar-refractivity contribution in [2.24, 2.45) is 0 Å². The summed E-state index contributed by atoms with van der Waals surface area (Å²) in [5.41, 5.74) is -1.51. The molecule has 0 bridgehead atoms. The van der Waals surface area contributed by atoms with Crippen LogP contribution in [0.15, 0.2) is 78.9 Å². The van der Waals surface area contributed by atoms with Crippen molar-refractivity contribution in [3.63, 3.8) is 0 Å². The summed E-state index contributed by atoms with van der Waals surface area (Å²) >= 11 is 0. The van der Waals surface area contributed by atoms with Gasteiger partial charge >= 0.3 is 12.4 Å². The van der Waals surface area contributed by atoms with Gasteiger partial charge in [0.25, 0.3) is 0 Å². The van der Waals surface area contributed by atoms with Crippen molar-refractivity contribution in [1.82, 2.24) is 4.90 Å². The van der Waals surface area contributed by atoms with Gasteiger partial charge in [-0.2, -0.15) is 26.3 Å². The summed E-state index contributed by atoms with van der Waals surface area (Å²) in [4.78, 5) is 2.31. The third-order valence-corrected chi connectivity index (χ3v) is 7.90. The number of ether oxygens (including phenoxy) is 1. The van der Waals surface area contributed by atoms with E-state index in [1.165, 1.54) is 5.56 Å². The molecule has 216 valence electrons. The molecule has 9 heteroatoms. The molecular formula is C31H33F6NO2. The van der Waals surface area contributed by atoms with Crippen molar-refractivity contribution < 1.29 is 36.2 Å². The van der Waals surface area contributed by atoms with E-state index in [1.54, 1.807) is 0 Å². The fraction of sp³-hybridized carbons (Fsp3) is 0.419. The normalized spacial score (nSPS) is 21.0. The lowest BCUT2D eigenvalue weighted by Gasteiger charge is -2.43. The summed E-state index contributed by atoms with van der Waals surface area (Å²) < 4.78 is 86.6.